The highest BCUT2D eigenvalue weighted by Crippen LogP contribution is 2.59. The molecule has 1 aromatic heterocycles. The van der Waals surface area contributed by atoms with Crippen LogP contribution >= 0.6 is 0 Å². The van der Waals surface area contributed by atoms with Gasteiger partial charge in [0.15, 0.2) is 0 Å². The van der Waals surface area contributed by atoms with Crippen molar-refractivity contribution in [3.05, 3.63) is 23.0 Å². The number of carbonyl (C=O) groups is 1. The van der Waals surface area contributed by atoms with E-state index in [1.807, 2.05) is 6.20 Å². The van der Waals surface area contributed by atoms with Gasteiger partial charge in [-0.05, 0) is 113 Å². The second-order valence-corrected chi connectivity index (χ2v) is 12.5. The van der Waals surface area contributed by atoms with E-state index in [1.165, 1.54) is 24.8 Å². The minimum absolute atomic E-state index is 0. The molecule has 6 heteroatoms. The van der Waals surface area contributed by atoms with Crippen LogP contribution in [0.4, 0.5) is 5.69 Å². The van der Waals surface area contributed by atoms with Crippen molar-refractivity contribution in [2.75, 3.05) is 11.9 Å². The number of carbonyl (C=O) groups excluding carboxylic acids is 1. The van der Waals surface area contributed by atoms with Gasteiger partial charge in [0.1, 0.15) is 5.69 Å². The number of anilines is 1. The molecule has 0 aromatic carbocycles. The van der Waals surface area contributed by atoms with Crippen LogP contribution in [-0.2, 0) is 0 Å². The van der Waals surface area contributed by atoms with E-state index < -0.39 is 11.2 Å². The summed E-state index contributed by atoms with van der Waals surface area (Å²) in [5.41, 5.74) is 2.64. The van der Waals surface area contributed by atoms with Crippen molar-refractivity contribution in [3.8, 4) is 0 Å². The van der Waals surface area contributed by atoms with E-state index in [4.69, 9.17) is 4.98 Å². The van der Waals surface area contributed by atoms with Crippen molar-refractivity contribution >= 4 is 11.6 Å². The number of nitrogens with zero attached hydrogens (tertiary/aromatic N) is 1. The molecule has 4 N–H and O–H groups in total. The second-order valence-electron chi connectivity index (χ2n) is 12.5. The molecule has 1 amide bonds. The number of aromatic nitrogens is 1. The Bertz CT molecular complexity index is 931. The molecule has 0 spiro atoms. The molecule has 6 bridgehead atoms. The number of pyridine rings is 1. The quantitative estimate of drug-likeness (QED) is 0.526. The predicted octanol–water partition coefficient (Wildman–Crippen LogP) is 4.47. The molecule has 1 aromatic rings. The van der Waals surface area contributed by atoms with Gasteiger partial charge in [0.25, 0.3) is 5.91 Å². The Kier molecular flexibility index (Phi) is 5.37. The van der Waals surface area contributed by atoms with E-state index in [1.54, 1.807) is 13.8 Å². The molecule has 2 unspecified atom stereocenters. The molecule has 7 aliphatic rings. The number of hydrogen-bond acceptors (Lipinski definition) is 5. The van der Waals surface area contributed by atoms with Crippen molar-refractivity contribution in [1.82, 2.24) is 10.3 Å². The number of hydrogen-bond donors (Lipinski definition) is 4. The van der Waals surface area contributed by atoms with Gasteiger partial charge in [-0.2, -0.15) is 0 Å². The first-order chi connectivity index (χ1) is 15.1. The van der Waals surface area contributed by atoms with E-state index >= 15 is 0 Å². The van der Waals surface area contributed by atoms with Crippen LogP contribution in [0.3, 0.4) is 0 Å². The first-order valence-electron chi connectivity index (χ1n) is 12.7. The Labute approximate surface area is 198 Å². The third-order valence-corrected chi connectivity index (χ3v) is 9.03. The fourth-order valence-corrected chi connectivity index (χ4v) is 8.37. The van der Waals surface area contributed by atoms with Gasteiger partial charge in [-0.3, -0.25) is 4.79 Å². The van der Waals surface area contributed by atoms with Crippen molar-refractivity contribution in [1.29, 1.82) is 0 Å². The Morgan fingerprint density at radius 1 is 1.09 bits per heavy atom. The lowest BCUT2D eigenvalue weighted by Crippen LogP contribution is -2.62. The normalized spacial score (nSPS) is 37.9. The van der Waals surface area contributed by atoms with Gasteiger partial charge in [-0.15, -0.1) is 0 Å². The molecular formula is C27H41N3O3. The summed E-state index contributed by atoms with van der Waals surface area (Å²) < 4.78 is 0. The summed E-state index contributed by atoms with van der Waals surface area (Å²) in [6.07, 6.45) is 12.8. The molecule has 5 fully saturated rings. The van der Waals surface area contributed by atoms with Crippen LogP contribution in [0.2, 0.25) is 0 Å². The smallest absolute Gasteiger partial charge is 0.270 e. The summed E-state index contributed by atoms with van der Waals surface area (Å²) in [6.45, 7) is 3.61. The number of nitrogens with one attached hydrogen (secondary N) is 2. The molecule has 8 rings (SSSR count). The first kappa shape index (κ1) is 23.1. The highest BCUT2D eigenvalue weighted by atomic mass is 16.3. The molecule has 7 aliphatic carbocycles. The lowest BCUT2D eigenvalue weighted by atomic mass is 9.51. The fourth-order valence-electron chi connectivity index (χ4n) is 8.37. The highest BCUT2D eigenvalue weighted by molar-refractivity contribution is 5.95. The van der Waals surface area contributed by atoms with Crippen molar-refractivity contribution in [3.63, 3.8) is 0 Å². The summed E-state index contributed by atoms with van der Waals surface area (Å²) in [6, 6.07) is 0. The van der Waals surface area contributed by atoms with E-state index in [9.17, 15) is 15.0 Å². The lowest BCUT2D eigenvalue weighted by molar-refractivity contribution is -0.127. The molecule has 1 heterocycles. The second kappa shape index (κ2) is 7.67. The topological polar surface area (TPSA) is 94.5 Å². The largest absolute Gasteiger partial charge is 0.390 e. The fraction of sp³-hybridized carbons (Fsp3) is 0.778. The van der Waals surface area contributed by atoms with Crippen LogP contribution in [0.15, 0.2) is 6.20 Å². The SMILES string of the molecule is C.CC(C)(O)CNC(=O)c1ncc(NC23CC4CC(CC(O)(C4)C2)C3)c2c1C1CCC2CC1. The third-order valence-electron chi connectivity index (χ3n) is 9.03. The molecule has 5 saturated carbocycles. The Hall–Kier alpha value is -1.66. The van der Waals surface area contributed by atoms with Crippen molar-refractivity contribution in [2.45, 2.75) is 114 Å². The van der Waals surface area contributed by atoms with E-state index in [0.29, 0.717) is 29.4 Å². The molecule has 182 valence electrons. The van der Waals surface area contributed by atoms with Crippen LogP contribution in [0, 0.1) is 11.8 Å². The Morgan fingerprint density at radius 2 is 1.70 bits per heavy atom. The summed E-state index contributed by atoms with van der Waals surface area (Å²) in [4.78, 5) is 17.8. The number of amides is 1. The van der Waals surface area contributed by atoms with E-state index in [-0.39, 0.29) is 25.4 Å². The van der Waals surface area contributed by atoms with Crippen LogP contribution in [0.25, 0.3) is 0 Å². The lowest BCUT2D eigenvalue weighted by Gasteiger charge is -2.60. The molecule has 0 aliphatic heterocycles. The zero-order valence-electron chi connectivity index (χ0n) is 19.4. The Morgan fingerprint density at radius 3 is 2.27 bits per heavy atom. The highest BCUT2D eigenvalue weighted by Gasteiger charge is 2.57. The molecule has 6 nitrogen and oxygen atoms in total. The first-order valence-corrected chi connectivity index (χ1v) is 12.7. The van der Waals surface area contributed by atoms with Crippen LogP contribution < -0.4 is 10.6 Å². The number of aliphatic hydroxyl groups is 2. The summed E-state index contributed by atoms with van der Waals surface area (Å²) in [5, 5.41) is 28.1. The summed E-state index contributed by atoms with van der Waals surface area (Å²) >= 11 is 0. The third kappa shape index (κ3) is 3.97. The maximum absolute atomic E-state index is 13.1. The molecule has 0 radical (unpaired) electrons. The van der Waals surface area contributed by atoms with E-state index in [2.05, 4.69) is 10.6 Å². The maximum Gasteiger partial charge on any atom is 0.270 e. The Balaban J connectivity index is 0.00000228. The van der Waals surface area contributed by atoms with Gasteiger partial charge in [0, 0.05) is 12.1 Å². The molecule has 2 atom stereocenters. The molecule has 0 saturated heterocycles. The molecular weight excluding hydrogens is 414 g/mol. The van der Waals surface area contributed by atoms with Gasteiger partial charge in [0.2, 0.25) is 0 Å². The van der Waals surface area contributed by atoms with Gasteiger partial charge in [0.05, 0.1) is 23.1 Å². The number of rotatable bonds is 5. The van der Waals surface area contributed by atoms with Crippen LogP contribution in [0.1, 0.15) is 119 Å². The van der Waals surface area contributed by atoms with Crippen LogP contribution in [-0.4, -0.2) is 44.4 Å². The van der Waals surface area contributed by atoms with Crippen molar-refractivity contribution < 1.29 is 15.0 Å². The van der Waals surface area contributed by atoms with Gasteiger partial charge in [-0.25, -0.2) is 4.98 Å². The monoisotopic (exact) mass is 455 g/mol. The minimum Gasteiger partial charge on any atom is -0.390 e. The number of fused-ring (bicyclic) bond motifs is 2. The van der Waals surface area contributed by atoms with E-state index in [0.717, 1.165) is 56.2 Å². The van der Waals surface area contributed by atoms with Gasteiger partial charge in [-0.1, -0.05) is 7.43 Å². The standard InChI is InChI=1S/C26H37N3O3.CH4/c1-24(2,31)14-28-23(30)22-21-18-5-3-17(4-6-18)20(21)19(12-27-22)29-25-8-15-7-16(9-25)11-26(32,10-15)13-25;/h12,15-18,29,31-32H,3-11,13-14H2,1-2H3,(H,28,30);1H4. The minimum atomic E-state index is -0.949. The van der Waals surface area contributed by atoms with Gasteiger partial charge >= 0.3 is 0 Å². The molecule has 33 heavy (non-hydrogen) atoms. The van der Waals surface area contributed by atoms with Crippen molar-refractivity contribution in [2.24, 2.45) is 11.8 Å². The average Bonchev–Trinajstić information content (AvgIpc) is 2.70. The predicted molar refractivity (Wildman–Crippen MR) is 130 cm³/mol. The summed E-state index contributed by atoms with van der Waals surface area (Å²) in [7, 11) is 0. The maximum atomic E-state index is 13.1. The van der Waals surface area contributed by atoms with Gasteiger partial charge < -0.3 is 20.8 Å². The summed E-state index contributed by atoms with van der Waals surface area (Å²) in [5.74, 6) is 1.96. The zero-order valence-corrected chi connectivity index (χ0v) is 19.4. The van der Waals surface area contributed by atoms with Crippen LogP contribution in [0.5, 0.6) is 0 Å². The average molecular weight is 456 g/mol. The zero-order chi connectivity index (χ0) is 22.3.